The minimum atomic E-state index is -2.62. The van der Waals surface area contributed by atoms with Crippen molar-refractivity contribution >= 4 is 8.80 Å². The molecule has 0 aliphatic carbocycles. The molecule has 0 heterocycles. The van der Waals surface area contributed by atoms with Crippen LogP contribution in [0.5, 0.6) is 0 Å². The van der Waals surface area contributed by atoms with Crippen LogP contribution in [0.4, 0.5) is 0 Å². The van der Waals surface area contributed by atoms with Crippen molar-refractivity contribution in [3.05, 3.63) is 0 Å². The Morgan fingerprint density at radius 1 is 0.696 bits per heavy atom. The van der Waals surface area contributed by atoms with E-state index in [2.05, 4.69) is 25.7 Å². The highest BCUT2D eigenvalue weighted by Crippen LogP contribution is 2.22. The van der Waals surface area contributed by atoms with Crippen LogP contribution < -0.4 is 0 Å². The van der Waals surface area contributed by atoms with Gasteiger partial charge in [-0.25, -0.2) is 0 Å². The van der Waals surface area contributed by atoms with Gasteiger partial charge in [0.25, 0.3) is 0 Å². The lowest BCUT2D eigenvalue weighted by molar-refractivity contribution is 0.0707. The van der Waals surface area contributed by atoms with Gasteiger partial charge in [-0.2, -0.15) is 0 Å². The molecule has 1 atom stereocenters. The van der Waals surface area contributed by atoms with Crippen LogP contribution in [0.1, 0.15) is 78.6 Å². The van der Waals surface area contributed by atoms with Gasteiger partial charge in [-0.1, -0.05) is 59.3 Å². The molecule has 0 fully saturated rings. The molecular weight excluding hydrogens is 306 g/mol. The van der Waals surface area contributed by atoms with Crippen LogP contribution in [0, 0.1) is 0 Å². The molecule has 0 saturated carbocycles. The Balaban J connectivity index is 4.85. The predicted molar refractivity (Wildman–Crippen MR) is 101 cm³/mol. The summed E-state index contributed by atoms with van der Waals surface area (Å²) in [6, 6.07) is 0. The molecule has 0 saturated heterocycles. The maximum Gasteiger partial charge on any atom is 0.518 e. The molecule has 0 aromatic carbocycles. The lowest BCUT2D eigenvalue weighted by Crippen LogP contribution is -2.61. The molecule has 23 heavy (non-hydrogen) atoms. The molecule has 140 valence electrons. The third kappa shape index (κ3) is 8.12. The van der Waals surface area contributed by atoms with Gasteiger partial charge in [0.15, 0.2) is 0 Å². The molecule has 0 rings (SSSR count). The van der Waals surface area contributed by atoms with E-state index in [1.807, 2.05) is 0 Å². The number of unbranched alkanes of at least 4 members (excludes halogenated alkanes) is 6. The summed E-state index contributed by atoms with van der Waals surface area (Å²) in [6.45, 7) is 8.98. The minimum Gasteiger partial charge on any atom is -0.376 e. The Morgan fingerprint density at radius 3 is 1.43 bits per heavy atom. The molecule has 0 spiro atoms. The van der Waals surface area contributed by atoms with Crippen molar-refractivity contribution in [2.24, 2.45) is 0 Å². The average Bonchev–Trinajstić information content (AvgIpc) is 2.59. The summed E-state index contributed by atoms with van der Waals surface area (Å²) in [5, 5.41) is 0. The fourth-order valence-electron chi connectivity index (χ4n) is 3.30. The van der Waals surface area contributed by atoms with Crippen molar-refractivity contribution in [3.8, 4) is 0 Å². The monoisotopic (exact) mass is 347 g/mol. The lowest BCUT2D eigenvalue weighted by atomic mass is 10.1. The van der Waals surface area contributed by atoms with Crippen LogP contribution in [0.25, 0.3) is 0 Å². The summed E-state index contributed by atoms with van der Waals surface area (Å²) < 4.78 is 17.3. The van der Waals surface area contributed by atoms with Crippen LogP contribution in [0.3, 0.4) is 0 Å². The first-order chi connectivity index (χ1) is 11.2. The van der Waals surface area contributed by atoms with Gasteiger partial charge < -0.3 is 13.3 Å². The molecule has 0 aliphatic heterocycles. The Morgan fingerprint density at radius 2 is 1.13 bits per heavy atom. The largest absolute Gasteiger partial charge is 0.518 e. The van der Waals surface area contributed by atoms with Gasteiger partial charge in [-0.3, -0.25) is 4.90 Å². The zero-order valence-corrected chi connectivity index (χ0v) is 17.5. The minimum absolute atomic E-state index is 0.255. The zero-order valence-electron chi connectivity index (χ0n) is 16.5. The molecule has 0 aromatic heterocycles. The van der Waals surface area contributed by atoms with Crippen molar-refractivity contribution in [2.45, 2.75) is 84.2 Å². The fourth-order valence-corrected chi connectivity index (χ4v) is 5.82. The second-order valence-electron chi connectivity index (χ2n) is 6.30. The van der Waals surface area contributed by atoms with E-state index in [0.717, 1.165) is 19.5 Å². The number of nitrogens with zero attached hydrogens (tertiary/aromatic N) is 1. The summed E-state index contributed by atoms with van der Waals surface area (Å²) in [5.41, 5.74) is 0.255. The predicted octanol–water partition coefficient (Wildman–Crippen LogP) is 4.64. The second-order valence-corrected chi connectivity index (χ2v) is 9.40. The summed E-state index contributed by atoms with van der Waals surface area (Å²) >= 11 is 0. The van der Waals surface area contributed by atoms with Crippen LogP contribution in [0.15, 0.2) is 0 Å². The normalized spacial score (nSPS) is 13.7. The molecule has 0 radical (unpaired) electrons. The summed E-state index contributed by atoms with van der Waals surface area (Å²) in [4.78, 5) is 2.58. The second kappa shape index (κ2) is 14.4. The first-order valence-electron chi connectivity index (χ1n) is 9.55. The highest BCUT2D eigenvalue weighted by atomic mass is 28.4. The third-order valence-corrected chi connectivity index (χ3v) is 7.98. The average molecular weight is 348 g/mol. The summed E-state index contributed by atoms with van der Waals surface area (Å²) in [6.07, 6.45) is 11.3. The van der Waals surface area contributed by atoms with Crippen LogP contribution in [-0.2, 0) is 13.3 Å². The van der Waals surface area contributed by atoms with Crippen molar-refractivity contribution < 1.29 is 13.3 Å². The van der Waals surface area contributed by atoms with Crippen molar-refractivity contribution in [1.29, 1.82) is 0 Å². The molecule has 1 unspecified atom stereocenters. The highest BCUT2D eigenvalue weighted by molar-refractivity contribution is 6.62. The zero-order chi connectivity index (χ0) is 17.6. The number of hydrogen-bond acceptors (Lipinski definition) is 4. The first-order valence-corrected chi connectivity index (χ1v) is 11.3. The van der Waals surface area contributed by atoms with Gasteiger partial charge in [-0.05, 0) is 32.4 Å². The molecular formula is C18H41NO3Si. The molecule has 0 amide bonds. The summed E-state index contributed by atoms with van der Waals surface area (Å²) in [5.74, 6) is 0. The van der Waals surface area contributed by atoms with Gasteiger partial charge >= 0.3 is 8.80 Å². The lowest BCUT2D eigenvalue weighted by Gasteiger charge is -2.39. The molecule has 0 aliphatic rings. The fraction of sp³-hybridized carbons (Fsp3) is 1.00. The molecule has 4 nitrogen and oxygen atoms in total. The van der Waals surface area contributed by atoms with Gasteiger partial charge in [0, 0.05) is 21.3 Å². The Bertz CT molecular complexity index is 242. The van der Waals surface area contributed by atoms with Crippen molar-refractivity contribution in [1.82, 2.24) is 4.90 Å². The Labute approximate surface area is 146 Å². The standard InChI is InChI=1S/C18H41NO3Si/c1-7-10-12-14-16-19(17-15-13-11-8-2)18(9-3)23(20-4,21-5)22-6/h18H,7-17H2,1-6H3. The molecule has 0 N–H and O–H groups in total. The van der Waals surface area contributed by atoms with E-state index in [9.17, 15) is 0 Å². The summed E-state index contributed by atoms with van der Waals surface area (Å²) in [7, 11) is 2.57. The van der Waals surface area contributed by atoms with Crippen molar-refractivity contribution in [3.63, 3.8) is 0 Å². The SMILES string of the molecule is CCCCCCN(CCCCCC)C(CC)[Si](OC)(OC)OC. The Kier molecular flexibility index (Phi) is 14.4. The number of rotatable bonds is 16. The quantitative estimate of drug-likeness (QED) is 0.300. The van der Waals surface area contributed by atoms with E-state index >= 15 is 0 Å². The van der Waals surface area contributed by atoms with Gasteiger partial charge in [-0.15, -0.1) is 0 Å². The van der Waals surface area contributed by atoms with Gasteiger partial charge in [0.1, 0.15) is 0 Å². The first kappa shape index (κ1) is 23.1. The van der Waals surface area contributed by atoms with E-state index < -0.39 is 8.80 Å². The van der Waals surface area contributed by atoms with Crippen molar-refractivity contribution in [2.75, 3.05) is 34.4 Å². The molecule has 0 aromatic rings. The van der Waals surface area contributed by atoms with E-state index in [4.69, 9.17) is 13.3 Å². The van der Waals surface area contributed by atoms with Gasteiger partial charge in [0.05, 0.1) is 5.67 Å². The maximum atomic E-state index is 5.78. The van der Waals surface area contributed by atoms with E-state index in [0.29, 0.717) is 0 Å². The highest BCUT2D eigenvalue weighted by Gasteiger charge is 2.49. The third-order valence-electron chi connectivity index (χ3n) is 4.69. The van der Waals surface area contributed by atoms with Gasteiger partial charge in [0.2, 0.25) is 0 Å². The van der Waals surface area contributed by atoms with Crippen LogP contribution >= 0.6 is 0 Å². The van der Waals surface area contributed by atoms with E-state index in [1.54, 1.807) is 21.3 Å². The molecule has 5 heteroatoms. The Hall–Kier alpha value is 0.0569. The van der Waals surface area contributed by atoms with E-state index in [1.165, 1.54) is 51.4 Å². The number of hydrogen-bond donors (Lipinski definition) is 0. The van der Waals surface area contributed by atoms with Crippen LogP contribution in [-0.4, -0.2) is 53.8 Å². The smallest absolute Gasteiger partial charge is 0.376 e. The van der Waals surface area contributed by atoms with Crippen LogP contribution in [0.2, 0.25) is 0 Å². The maximum absolute atomic E-state index is 5.78. The molecule has 0 bridgehead atoms. The van der Waals surface area contributed by atoms with E-state index in [-0.39, 0.29) is 5.67 Å². The topological polar surface area (TPSA) is 30.9 Å².